The monoisotopic (exact) mass is 310 g/mol. The van der Waals surface area contributed by atoms with Gasteiger partial charge in [0.1, 0.15) is 4.88 Å². The summed E-state index contributed by atoms with van der Waals surface area (Å²) in [4.78, 5) is 11.7. The van der Waals surface area contributed by atoms with Gasteiger partial charge in [-0.25, -0.2) is 0 Å². The zero-order valence-electron chi connectivity index (χ0n) is 9.71. The van der Waals surface area contributed by atoms with Crippen LogP contribution in [0.4, 0.5) is 0 Å². The molecule has 7 heteroatoms. The summed E-state index contributed by atoms with van der Waals surface area (Å²) in [6, 6.07) is 7.80. The van der Waals surface area contributed by atoms with Gasteiger partial charge in [-0.05, 0) is 6.07 Å². The second-order valence-corrected chi connectivity index (χ2v) is 6.27. The van der Waals surface area contributed by atoms with Crippen molar-refractivity contribution >= 4 is 49.9 Å². The van der Waals surface area contributed by atoms with Crippen molar-refractivity contribution in [2.75, 3.05) is 0 Å². The SMILES string of the molecule is CC(=O)Sc1nnc(-c2sc3ccccc3c2Cl)o1. The number of carbonyl (C=O) groups is 1. The third kappa shape index (κ3) is 2.39. The predicted octanol–water partition coefficient (Wildman–Crippen LogP) is 4.24. The molecule has 0 saturated carbocycles. The lowest BCUT2D eigenvalue weighted by Gasteiger charge is -1.90. The quantitative estimate of drug-likeness (QED) is 0.662. The van der Waals surface area contributed by atoms with E-state index in [2.05, 4.69) is 10.2 Å². The van der Waals surface area contributed by atoms with E-state index in [9.17, 15) is 4.79 Å². The van der Waals surface area contributed by atoms with Crippen LogP contribution in [0.3, 0.4) is 0 Å². The van der Waals surface area contributed by atoms with Crippen LogP contribution in [0, 0.1) is 0 Å². The fourth-order valence-corrected chi connectivity index (χ4v) is 3.50. The number of nitrogens with zero attached hydrogens (tertiary/aromatic N) is 2. The lowest BCUT2D eigenvalue weighted by Crippen LogP contribution is -1.80. The summed E-state index contributed by atoms with van der Waals surface area (Å²) in [5, 5.41) is 9.44. The Morgan fingerprint density at radius 2 is 2.16 bits per heavy atom. The summed E-state index contributed by atoms with van der Waals surface area (Å²) < 4.78 is 6.49. The van der Waals surface area contributed by atoms with E-state index < -0.39 is 0 Å². The van der Waals surface area contributed by atoms with Gasteiger partial charge in [0, 0.05) is 28.8 Å². The molecule has 0 bridgehead atoms. The third-order valence-corrected chi connectivity index (χ3v) is 4.66. The molecule has 2 aromatic heterocycles. The molecule has 0 atom stereocenters. The summed E-state index contributed by atoms with van der Waals surface area (Å²) in [5.74, 6) is 0.343. The maximum absolute atomic E-state index is 11.0. The highest BCUT2D eigenvalue weighted by Crippen LogP contribution is 2.41. The number of aromatic nitrogens is 2. The van der Waals surface area contributed by atoms with Crippen molar-refractivity contribution in [3.8, 4) is 10.8 Å². The second kappa shape index (κ2) is 4.96. The minimum atomic E-state index is -0.0994. The number of thiophene rings is 1. The Morgan fingerprint density at radius 1 is 1.37 bits per heavy atom. The van der Waals surface area contributed by atoms with Crippen LogP contribution >= 0.6 is 34.7 Å². The molecule has 0 unspecified atom stereocenters. The van der Waals surface area contributed by atoms with Crippen molar-refractivity contribution in [2.45, 2.75) is 12.1 Å². The van der Waals surface area contributed by atoms with E-state index in [1.54, 1.807) is 0 Å². The minimum absolute atomic E-state index is 0.0994. The van der Waals surface area contributed by atoms with Crippen molar-refractivity contribution in [1.82, 2.24) is 10.2 Å². The lowest BCUT2D eigenvalue weighted by atomic mass is 10.2. The molecule has 3 rings (SSSR count). The van der Waals surface area contributed by atoms with Crippen molar-refractivity contribution in [3.05, 3.63) is 29.3 Å². The molecule has 96 valence electrons. The Kier molecular flexibility index (Phi) is 3.30. The van der Waals surface area contributed by atoms with Gasteiger partial charge in [-0.2, -0.15) is 0 Å². The highest BCUT2D eigenvalue weighted by atomic mass is 35.5. The van der Waals surface area contributed by atoms with Crippen molar-refractivity contribution in [1.29, 1.82) is 0 Å². The van der Waals surface area contributed by atoms with Gasteiger partial charge >= 0.3 is 0 Å². The van der Waals surface area contributed by atoms with E-state index in [0.717, 1.165) is 26.7 Å². The normalized spacial score (nSPS) is 11.1. The number of carbonyl (C=O) groups excluding carboxylic acids is 1. The van der Waals surface area contributed by atoms with Crippen molar-refractivity contribution < 1.29 is 9.21 Å². The van der Waals surface area contributed by atoms with E-state index in [1.807, 2.05) is 24.3 Å². The topological polar surface area (TPSA) is 56.0 Å². The number of rotatable bonds is 2. The molecule has 1 aromatic carbocycles. The van der Waals surface area contributed by atoms with Crippen molar-refractivity contribution in [3.63, 3.8) is 0 Å². The van der Waals surface area contributed by atoms with E-state index in [4.69, 9.17) is 16.0 Å². The van der Waals surface area contributed by atoms with Gasteiger partial charge in [0.2, 0.25) is 0 Å². The third-order valence-electron chi connectivity index (χ3n) is 2.37. The number of hydrogen-bond acceptors (Lipinski definition) is 6. The average molecular weight is 311 g/mol. The summed E-state index contributed by atoms with van der Waals surface area (Å²) in [5.41, 5.74) is 0. The molecule has 0 aliphatic carbocycles. The fraction of sp³-hybridized carbons (Fsp3) is 0.0833. The van der Waals surface area contributed by atoms with Gasteiger partial charge in [0.15, 0.2) is 5.12 Å². The number of fused-ring (bicyclic) bond motifs is 1. The van der Waals surface area contributed by atoms with Crippen LogP contribution in [-0.2, 0) is 4.79 Å². The summed E-state index contributed by atoms with van der Waals surface area (Å²) in [6.07, 6.45) is 0. The first-order valence-electron chi connectivity index (χ1n) is 5.34. The largest absolute Gasteiger partial charge is 0.410 e. The molecular weight excluding hydrogens is 304 g/mol. The molecular formula is C12H7ClN2O2S2. The standard InChI is InChI=1S/C12H7ClN2O2S2/c1-6(16)18-12-15-14-11(17-12)10-9(13)7-4-2-3-5-8(7)19-10/h2-5H,1H3. The number of halogens is 1. The average Bonchev–Trinajstić information content (AvgIpc) is 2.94. The van der Waals surface area contributed by atoms with E-state index in [-0.39, 0.29) is 10.3 Å². The maximum Gasteiger partial charge on any atom is 0.284 e. The molecule has 4 nitrogen and oxygen atoms in total. The van der Waals surface area contributed by atoms with Gasteiger partial charge in [-0.15, -0.1) is 21.5 Å². The predicted molar refractivity (Wildman–Crippen MR) is 76.7 cm³/mol. The lowest BCUT2D eigenvalue weighted by molar-refractivity contribution is -0.109. The van der Waals surface area contributed by atoms with Crippen molar-refractivity contribution in [2.24, 2.45) is 0 Å². The van der Waals surface area contributed by atoms with Gasteiger partial charge in [0.25, 0.3) is 11.1 Å². The Morgan fingerprint density at radius 3 is 2.89 bits per heavy atom. The molecule has 2 heterocycles. The van der Waals surface area contributed by atoms with Gasteiger partial charge < -0.3 is 4.42 Å². The molecule has 0 fully saturated rings. The first kappa shape index (κ1) is 12.7. The molecule has 19 heavy (non-hydrogen) atoms. The maximum atomic E-state index is 11.0. The molecule has 0 spiro atoms. The van der Waals surface area contributed by atoms with E-state index in [0.29, 0.717) is 10.9 Å². The molecule has 0 aliphatic rings. The van der Waals surface area contributed by atoms with E-state index in [1.165, 1.54) is 18.3 Å². The molecule has 0 saturated heterocycles. The Balaban J connectivity index is 2.06. The molecule has 0 N–H and O–H groups in total. The van der Waals surface area contributed by atoms with Gasteiger partial charge in [-0.1, -0.05) is 29.8 Å². The number of thioether (sulfide) groups is 1. The number of hydrogen-bond donors (Lipinski definition) is 0. The first-order chi connectivity index (χ1) is 9.15. The van der Waals surface area contributed by atoms with Crippen LogP contribution in [-0.4, -0.2) is 15.3 Å². The summed E-state index contributed by atoms with van der Waals surface area (Å²) in [7, 11) is 0. The first-order valence-corrected chi connectivity index (χ1v) is 7.35. The Bertz CT molecular complexity index is 766. The second-order valence-electron chi connectivity index (χ2n) is 3.71. The van der Waals surface area contributed by atoms with Gasteiger partial charge in [0.05, 0.1) is 5.02 Å². The highest BCUT2D eigenvalue weighted by Gasteiger charge is 2.18. The smallest absolute Gasteiger partial charge is 0.284 e. The van der Waals surface area contributed by atoms with Crippen LogP contribution in [0.1, 0.15) is 6.92 Å². The summed E-state index contributed by atoms with van der Waals surface area (Å²) >= 11 is 8.71. The zero-order chi connectivity index (χ0) is 13.4. The summed E-state index contributed by atoms with van der Waals surface area (Å²) in [6.45, 7) is 1.45. The molecule has 3 aromatic rings. The van der Waals surface area contributed by atoms with Crippen LogP contribution in [0.15, 0.2) is 33.9 Å². The van der Waals surface area contributed by atoms with Crippen LogP contribution in [0.2, 0.25) is 5.02 Å². The van der Waals surface area contributed by atoms with Crippen LogP contribution in [0.5, 0.6) is 0 Å². The zero-order valence-corrected chi connectivity index (χ0v) is 12.1. The molecule has 0 radical (unpaired) electrons. The Hall–Kier alpha value is -1.37. The fourth-order valence-electron chi connectivity index (χ4n) is 1.62. The molecule has 0 amide bonds. The highest BCUT2D eigenvalue weighted by molar-refractivity contribution is 8.13. The number of benzene rings is 1. The van der Waals surface area contributed by atoms with E-state index >= 15 is 0 Å². The van der Waals surface area contributed by atoms with Gasteiger partial charge in [-0.3, -0.25) is 4.79 Å². The Labute approximate surface area is 121 Å². The minimum Gasteiger partial charge on any atom is -0.410 e. The molecule has 0 aliphatic heterocycles. The van der Waals surface area contributed by atoms with Crippen LogP contribution < -0.4 is 0 Å². The van der Waals surface area contributed by atoms with Crippen LogP contribution in [0.25, 0.3) is 20.9 Å².